The Labute approximate surface area is 159 Å². The van der Waals surface area contributed by atoms with E-state index in [0.29, 0.717) is 25.0 Å². The van der Waals surface area contributed by atoms with Gasteiger partial charge in [-0.25, -0.2) is 26.0 Å². The predicted octanol–water partition coefficient (Wildman–Crippen LogP) is 3.67. The van der Waals surface area contributed by atoms with Crippen LogP contribution in [0.1, 0.15) is 29.6 Å². The van der Waals surface area contributed by atoms with Gasteiger partial charge in [0.15, 0.2) is 17.5 Å². The van der Waals surface area contributed by atoms with E-state index in [9.17, 15) is 30.8 Å². The van der Waals surface area contributed by atoms with Crippen molar-refractivity contribution in [3.63, 3.8) is 0 Å². The van der Waals surface area contributed by atoms with E-state index >= 15 is 0 Å². The van der Waals surface area contributed by atoms with Gasteiger partial charge >= 0.3 is 0 Å². The summed E-state index contributed by atoms with van der Waals surface area (Å²) in [5.41, 5.74) is -0.603. The molecule has 5 nitrogen and oxygen atoms in total. The first kappa shape index (κ1) is 20.3. The van der Waals surface area contributed by atoms with Crippen LogP contribution in [0.4, 0.5) is 23.2 Å². The Morgan fingerprint density at radius 1 is 0.893 bits per heavy atom. The van der Waals surface area contributed by atoms with Gasteiger partial charge in [-0.3, -0.25) is 4.79 Å². The van der Waals surface area contributed by atoms with Crippen LogP contribution >= 0.6 is 0 Å². The third kappa shape index (κ3) is 4.02. The molecule has 0 aliphatic carbocycles. The largest absolute Gasteiger partial charge is 0.322 e. The lowest BCUT2D eigenvalue weighted by molar-refractivity contribution is 0.102. The molecule has 1 aliphatic heterocycles. The van der Waals surface area contributed by atoms with Gasteiger partial charge in [0.1, 0.15) is 10.7 Å². The number of nitrogens with zero attached hydrogens (tertiary/aromatic N) is 1. The van der Waals surface area contributed by atoms with Gasteiger partial charge in [-0.05, 0) is 31.0 Å². The molecule has 1 N–H and O–H groups in total. The Bertz CT molecular complexity index is 998. The fourth-order valence-corrected chi connectivity index (χ4v) is 4.53. The van der Waals surface area contributed by atoms with E-state index in [1.807, 2.05) is 0 Å². The Kier molecular flexibility index (Phi) is 5.71. The van der Waals surface area contributed by atoms with Crippen LogP contribution in [0.15, 0.2) is 35.2 Å². The van der Waals surface area contributed by atoms with Crippen molar-refractivity contribution >= 4 is 21.6 Å². The summed E-state index contributed by atoms with van der Waals surface area (Å²) in [5.74, 6) is -6.62. The summed E-state index contributed by atoms with van der Waals surface area (Å²) >= 11 is 0. The van der Waals surface area contributed by atoms with Crippen molar-refractivity contribution in [2.45, 2.75) is 24.2 Å². The Hall–Kier alpha value is -2.46. The molecule has 0 radical (unpaired) electrons. The Morgan fingerprint density at radius 2 is 1.50 bits per heavy atom. The molecule has 0 aromatic heterocycles. The third-order valence-corrected chi connectivity index (χ3v) is 6.28. The lowest BCUT2D eigenvalue weighted by atomic mass is 10.2. The number of hydrogen-bond donors (Lipinski definition) is 1. The second kappa shape index (κ2) is 7.88. The molecule has 0 atom stereocenters. The molecule has 0 saturated carbocycles. The van der Waals surface area contributed by atoms with E-state index in [2.05, 4.69) is 5.32 Å². The van der Waals surface area contributed by atoms with Crippen molar-refractivity contribution in [1.29, 1.82) is 0 Å². The molecule has 0 bridgehead atoms. The molecule has 2 aromatic carbocycles. The second-order valence-electron chi connectivity index (χ2n) is 6.32. The molecule has 1 fully saturated rings. The lowest BCUT2D eigenvalue weighted by Crippen LogP contribution is -2.36. The SMILES string of the molecule is O=C(Nc1cc(F)c(F)c(F)c1)c1ccc(F)c(S(=O)(=O)N2CCCCC2)c1. The quantitative estimate of drug-likeness (QED) is 0.611. The van der Waals surface area contributed by atoms with E-state index < -0.39 is 44.1 Å². The summed E-state index contributed by atoms with van der Waals surface area (Å²) < 4.78 is 80.2. The first-order valence-electron chi connectivity index (χ1n) is 8.46. The molecule has 150 valence electrons. The molecule has 0 spiro atoms. The molecule has 3 rings (SSSR count). The molecular formula is C18H16F4N2O3S. The summed E-state index contributed by atoms with van der Waals surface area (Å²) in [6.07, 6.45) is 2.19. The number of carbonyl (C=O) groups excluding carboxylic acids is 1. The van der Waals surface area contributed by atoms with Gasteiger partial charge in [0, 0.05) is 36.5 Å². The van der Waals surface area contributed by atoms with E-state index in [1.54, 1.807) is 0 Å². The smallest absolute Gasteiger partial charge is 0.255 e. The van der Waals surface area contributed by atoms with Crippen molar-refractivity contribution < 1.29 is 30.8 Å². The van der Waals surface area contributed by atoms with Gasteiger partial charge in [0.05, 0.1) is 0 Å². The van der Waals surface area contributed by atoms with Crippen molar-refractivity contribution in [3.05, 3.63) is 59.2 Å². The molecule has 1 aliphatic rings. The number of hydrogen-bond acceptors (Lipinski definition) is 3. The number of benzene rings is 2. The van der Waals surface area contributed by atoms with Crippen LogP contribution in [0.3, 0.4) is 0 Å². The highest BCUT2D eigenvalue weighted by Crippen LogP contribution is 2.25. The summed E-state index contributed by atoms with van der Waals surface area (Å²) in [7, 11) is -4.13. The topological polar surface area (TPSA) is 66.5 Å². The number of amides is 1. The molecule has 28 heavy (non-hydrogen) atoms. The van der Waals surface area contributed by atoms with Crippen LogP contribution in [0.5, 0.6) is 0 Å². The van der Waals surface area contributed by atoms with Crippen LogP contribution in [-0.2, 0) is 10.0 Å². The minimum Gasteiger partial charge on any atom is -0.322 e. The Balaban J connectivity index is 1.89. The maximum Gasteiger partial charge on any atom is 0.255 e. The highest BCUT2D eigenvalue weighted by Gasteiger charge is 2.29. The van der Waals surface area contributed by atoms with E-state index in [0.717, 1.165) is 28.9 Å². The maximum atomic E-state index is 14.2. The summed E-state index contributed by atoms with van der Waals surface area (Å²) in [6.45, 7) is 0.513. The van der Waals surface area contributed by atoms with Crippen molar-refractivity contribution in [3.8, 4) is 0 Å². The van der Waals surface area contributed by atoms with Gasteiger partial charge in [0.25, 0.3) is 5.91 Å². The zero-order chi connectivity index (χ0) is 20.5. The predicted molar refractivity (Wildman–Crippen MR) is 93.3 cm³/mol. The zero-order valence-corrected chi connectivity index (χ0v) is 15.3. The Morgan fingerprint density at radius 3 is 2.11 bits per heavy atom. The summed E-state index contributed by atoms with van der Waals surface area (Å²) in [4.78, 5) is 11.7. The van der Waals surface area contributed by atoms with E-state index in [-0.39, 0.29) is 24.3 Å². The average molecular weight is 416 g/mol. The number of anilines is 1. The first-order chi connectivity index (χ1) is 13.2. The van der Waals surface area contributed by atoms with Crippen LogP contribution < -0.4 is 5.32 Å². The number of piperidine rings is 1. The van der Waals surface area contributed by atoms with Crippen LogP contribution in [-0.4, -0.2) is 31.7 Å². The molecule has 2 aromatic rings. The zero-order valence-electron chi connectivity index (χ0n) is 14.5. The van der Waals surface area contributed by atoms with Gasteiger partial charge < -0.3 is 5.32 Å². The normalized spacial score (nSPS) is 15.4. The number of sulfonamides is 1. The fourth-order valence-electron chi connectivity index (χ4n) is 2.92. The molecule has 1 saturated heterocycles. The highest BCUT2D eigenvalue weighted by molar-refractivity contribution is 7.89. The molecule has 10 heteroatoms. The third-order valence-electron chi connectivity index (χ3n) is 4.37. The molecule has 0 unspecified atom stereocenters. The lowest BCUT2D eigenvalue weighted by Gasteiger charge is -2.26. The summed E-state index contributed by atoms with van der Waals surface area (Å²) in [5, 5.41) is 2.13. The van der Waals surface area contributed by atoms with Crippen LogP contribution in [0.2, 0.25) is 0 Å². The molecule has 1 heterocycles. The van der Waals surface area contributed by atoms with Crippen molar-refractivity contribution in [2.75, 3.05) is 18.4 Å². The highest BCUT2D eigenvalue weighted by atomic mass is 32.2. The standard InChI is InChI=1S/C18H16F4N2O3S/c19-13-5-4-11(8-16(13)28(26,27)24-6-2-1-3-7-24)18(25)23-12-9-14(20)17(22)15(21)10-12/h4-5,8-10H,1-3,6-7H2,(H,23,25). The minimum atomic E-state index is -4.13. The van der Waals surface area contributed by atoms with Crippen LogP contribution in [0.25, 0.3) is 0 Å². The van der Waals surface area contributed by atoms with Crippen molar-refractivity contribution in [1.82, 2.24) is 4.31 Å². The van der Waals surface area contributed by atoms with Gasteiger partial charge in [-0.2, -0.15) is 4.31 Å². The molecular weight excluding hydrogens is 400 g/mol. The minimum absolute atomic E-state index is 0.234. The van der Waals surface area contributed by atoms with E-state index in [4.69, 9.17) is 0 Å². The number of carbonyl (C=O) groups is 1. The second-order valence-corrected chi connectivity index (χ2v) is 8.22. The van der Waals surface area contributed by atoms with E-state index in [1.165, 1.54) is 0 Å². The number of rotatable bonds is 4. The fraction of sp³-hybridized carbons (Fsp3) is 0.278. The summed E-state index contributed by atoms with van der Waals surface area (Å²) in [6, 6.07) is 3.88. The number of halogens is 4. The van der Waals surface area contributed by atoms with Gasteiger partial charge in [-0.15, -0.1) is 0 Å². The van der Waals surface area contributed by atoms with Gasteiger partial charge in [0.2, 0.25) is 10.0 Å². The van der Waals surface area contributed by atoms with Crippen molar-refractivity contribution in [2.24, 2.45) is 0 Å². The monoisotopic (exact) mass is 416 g/mol. The van der Waals surface area contributed by atoms with Crippen LogP contribution in [0, 0.1) is 23.3 Å². The maximum absolute atomic E-state index is 14.2. The average Bonchev–Trinajstić information content (AvgIpc) is 2.67. The van der Waals surface area contributed by atoms with Gasteiger partial charge in [-0.1, -0.05) is 6.42 Å². The number of nitrogens with one attached hydrogen (secondary N) is 1. The molecule has 1 amide bonds. The first-order valence-corrected chi connectivity index (χ1v) is 9.90.